The molecule has 3 nitrogen and oxygen atoms in total. The minimum atomic E-state index is -3.08. The van der Waals surface area contributed by atoms with Crippen molar-refractivity contribution in [3.05, 3.63) is 0 Å². The van der Waals surface area contributed by atoms with E-state index in [1.807, 2.05) is 0 Å². The molecule has 3 unspecified atom stereocenters. The highest BCUT2D eigenvalue weighted by molar-refractivity contribution is 6.06. The van der Waals surface area contributed by atoms with Crippen LogP contribution in [0, 0.1) is 23.2 Å². The highest BCUT2D eigenvalue weighted by Crippen LogP contribution is 2.58. The number of halogens is 2. The van der Waals surface area contributed by atoms with Crippen molar-refractivity contribution in [2.24, 2.45) is 23.2 Å². The number of ether oxygens (including phenoxy) is 1. The summed E-state index contributed by atoms with van der Waals surface area (Å²) in [6.45, 7) is 1.91. The highest BCUT2D eigenvalue weighted by atomic mass is 19.3. The van der Waals surface area contributed by atoms with Crippen molar-refractivity contribution in [2.75, 3.05) is 0 Å². The van der Waals surface area contributed by atoms with Crippen molar-refractivity contribution in [3.8, 4) is 0 Å². The van der Waals surface area contributed by atoms with Gasteiger partial charge in [0.15, 0.2) is 11.9 Å². The Balaban J connectivity index is 1.81. The lowest BCUT2D eigenvalue weighted by Crippen LogP contribution is -2.58. The summed E-state index contributed by atoms with van der Waals surface area (Å²) in [6, 6.07) is 0. The zero-order valence-electron chi connectivity index (χ0n) is 11.8. The molecule has 0 aromatic heterocycles. The lowest BCUT2D eigenvalue weighted by atomic mass is 9.49. The maximum absolute atomic E-state index is 13.2. The predicted molar refractivity (Wildman–Crippen MR) is 67.2 cm³/mol. The summed E-state index contributed by atoms with van der Waals surface area (Å²) in [5, 5.41) is 0. The molecule has 4 rings (SSSR count). The molecule has 0 spiro atoms. The van der Waals surface area contributed by atoms with E-state index in [2.05, 4.69) is 0 Å². The van der Waals surface area contributed by atoms with Gasteiger partial charge in [0.2, 0.25) is 0 Å². The summed E-state index contributed by atoms with van der Waals surface area (Å²) in [5.41, 5.74) is -1.12. The maximum Gasteiger partial charge on any atom is 0.320 e. The molecule has 20 heavy (non-hydrogen) atoms. The quantitative estimate of drug-likeness (QED) is 0.592. The average molecular weight is 286 g/mol. The van der Waals surface area contributed by atoms with Gasteiger partial charge in [0.1, 0.15) is 5.41 Å². The first-order valence-corrected chi connectivity index (χ1v) is 7.35. The molecule has 0 radical (unpaired) electrons. The minimum Gasteiger partial charge on any atom is -0.456 e. The summed E-state index contributed by atoms with van der Waals surface area (Å²) < 4.78 is 31.3. The zero-order valence-corrected chi connectivity index (χ0v) is 11.8. The molecule has 4 fully saturated rings. The van der Waals surface area contributed by atoms with Gasteiger partial charge in [-0.15, -0.1) is 0 Å². The lowest BCUT2D eigenvalue weighted by molar-refractivity contribution is -0.192. The van der Waals surface area contributed by atoms with Gasteiger partial charge in [-0.1, -0.05) is 0 Å². The van der Waals surface area contributed by atoms with Crippen LogP contribution < -0.4 is 0 Å². The molecule has 0 aliphatic heterocycles. The fourth-order valence-corrected chi connectivity index (χ4v) is 4.42. The summed E-state index contributed by atoms with van der Waals surface area (Å²) in [5.74, 6) is -3.13. The topological polar surface area (TPSA) is 43.4 Å². The normalized spacial score (nSPS) is 40.8. The zero-order chi connectivity index (χ0) is 14.7. The Morgan fingerprint density at radius 2 is 1.85 bits per heavy atom. The van der Waals surface area contributed by atoms with E-state index in [9.17, 15) is 18.4 Å². The number of ketones is 1. The average Bonchev–Trinajstić information content (AvgIpc) is 2.33. The Kier molecular flexibility index (Phi) is 2.96. The molecule has 0 aromatic carbocycles. The Morgan fingerprint density at radius 3 is 2.35 bits per heavy atom. The summed E-state index contributed by atoms with van der Waals surface area (Å²) in [7, 11) is 0. The molecule has 4 aliphatic rings. The Bertz CT molecular complexity index is 441. The molecule has 0 aromatic rings. The van der Waals surface area contributed by atoms with Gasteiger partial charge >= 0.3 is 5.97 Å². The number of rotatable bonds is 3. The third kappa shape index (κ3) is 1.97. The fourth-order valence-electron chi connectivity index (χ4n) is 4.42. The molecular weight excluding hydrogens is 266 g/mol. The van der Waals surface area contributed by atoms with Crippen LogP contribution in [0.15, 0.2) is 0 Å². The van der Waals surface area contributed by atoms with E-state index in [4.69, 9.17) is 4.74 Å². The number of Topliss-reactive ketones (excluding diaryl/α,β-unsaturated/α-hetero) is 1. The summed E-state index contributed by atoms with van der Waals surface area (Å²) in [6.07, 6.45) is 2.31. The van der Waals surface area contributed by atoms with Crippen LogP contribution in [0.5, 0.6) is 0 Å². The summed E-state index contributed by atoms with van der Waals surface area (Å²) in [4.78, 5) is 24.9. The highest BCUT2D eigenvalue weighted by Gasteiger charge is 2.61. The van der Waals surface area contributed by atoms with Gasteiger partial charge in [0.25, 0.3) is 5.92 Å². The molecule has 3 atom stereocenters. The number of alkyl halides is 2. The largest absolute Gasteiger partial charge is 0.456 e. The Hall–Kier alpha value is -1.00. The fraction of sp³-hybridized carbons (Fsp3) is 0.867. The maximum atomic E-state index is 13.2. The van der Waals surface area contributed by atoms with E-state index in [1.54, 1.807) is 0 Å². The third-order valence-corrected chi connectivity index (χ3v) is 5.41. The number of hydrogen-bond acceptors (Lipinski definition) is 3. The van der Waals surface area contributed by atoms with E-state index in [-0.39, 0.29) is 11.7 Å². The van der Waals surface area contributed by atoms with Crippen LogP contribution >= 0.6 is 0 Å². The van der Waals surface area contributed by atoms with Crippen LogP contribution in [0.3, 0.4) is 0 Å². The van der Waals surface area contributed by atoms with Crippen LogP contribution in [0.4, 0.5) is 8.78 Å². The van der Waals surface area contributed by atoms with E-state index in [1.165, 1.54) is 6.92 Å². The first-order valence-electron chi connectivity index (χ1n) is 7.35. The lowest BCUT2D eigenvalue weighted by Gasteiger charge is -2.53. The molecule has 5 heteroatoms. The Morgan fingerprint density at radius 1 is 1.30 bits per heavy atom. The van der Waals surface area contributed by atoms with Crippen molar-refractivity contribution in [3.63, 3.8) is 0 Å². The van der Waals surface area contributed by atoms with Gasteiger partial charge in [-0.2, -0.15) is 0 Å². The van der Waals surface area contributed by atoms with Crippen LogP contribution in [0.2, 0.25) is 0 Å². The number of carbonyl (C=O) groups is 2. The van der Waals surface area contributed by atoms with Gasteiger partial charge < -0.3 is 4.74 Å². The molecule has 0 amide bonds. The third-order valence-electron chi connectivity index (χ3n) is 5.41. The first-order chi connectivity index (χ1) is 9.22. The van der Waals surface area contributed by atoms with Gasteiger partial charge in [-0.05, 0) is 50.9 Å². The minimum absolute atomic E-state index is 0.0498. The van der Waals surface area contributed by atoms with Crippen molar-refractivity contribution in [2.45, 2.75) is 58.0 Å². The van der Waals surface area contributed by atoms with E-state index < -0.39 is 23.4 Å². The van der Waals surface area contributed by atoms with Gasteiger partial charge in [0.05, 0.1) is 0 Å². The Labute approximate surface area is 117 Å². The number of esters is 1. The smallest absolute Gasteiger partial charge is 0.320 e. The van der Waals surface area contributed by atoms with Crippen molar-refractivity contribution >= 4 is 11.8 Å². The molecule has 112 valence electrons. The SMILES string of the molecule is CC(OC(=O)C12CC3CC(CC(C3)C1=O)C2)C(C)(F)F. The first kappa shape index (κ1) is 14.0. The van der Waals surface area contributed by atoms with Crippen LogP contribution in [0.25, 0.3) is 0 Å². The molecule has 0 heterocycles. The molecule has 0 saturated heterocycles. The van der Waals surface area contributed by atoms with E-state index in [0.717, 1.165) is 26.2 Å². The van der Waals surface area contributed by atoms with Crippen molar-refractivity contribution < 1.29 is 23.1 Å². The molecular formula is C15H20F2O3. The van der Waals surface area contributed by atoms with Crippen LogP contribution in [-0.2, 0) is 14.3 Å². The van der Waals surface area contributed by atoms with Gasteiger partial charge in [-0.3, -0.25) is 9.59 Å². The van der Waals surface area contributed by atoms with Gasteiger partial charge in [0, 0.05) is 12.8 Å². The molecule has 4 saturated carbocycles. The standard InChI is InChI=1S/C15H20F2O3/c1-8(14(2,16)17)20-13(19)15-6-9-3-10(7-15)5-11(4-9)12(15)18/h8-11H,3-7H2,1-2H3. The van der Waals surface area contributed by atoms with Gasteiger partial charge in [-0.25, -0.2) is 8.78 Å². The van der Waals surface area contributed by atoms with E-state index in [0.29, 0.717) is 24.7 Å². The second kappa shape index (κ2) is 4.25. The molecule has 4 bridgehead atoms. The number of carbonyl (C=O) groups excluding carboxylic acids is 2. The van der Waals surface area contributed by atoms with Crippen molar-refractivity contribution in [1.82, 2.24) is 0 Å². The number of hydrogen-bond donors (Lipinski definition) is 0. The molecule has 0 N–H and O–H groups in total. The van der Waals surface area contributed by atoms with Crippen molar-refractivity contribution in [1.29, 1.82) is 0 Å². The van der Waals surface area contributed by atoms with Crippen LogP contribution in [-0.4, -0.2) is 23.8 Å². The second-order valence-electron chi connectivity index (χ2n) is 6.99. The summed E-state index contributed by atoms with van der Waals surface area (Å²) >= 11 is 0. The monoisotopic (exact) mass is 286 g/mol. The van der Waals surface area contributed by atoms with E-state index >= 15 is 0 Å². The van der Waals surface area contributed by atoms with Crippen LogP contribution in [0.1, 0.15) is 46.0 Å². The second-order valence-corrected chi connectivity index (χ2v) is 6.99. The predicted octanol–water partition coefficient (Wildman–Crippen LogP) is 2.97. The molecule has 4 aliphatic carbocycles.